The highest BCUT2D eigenvalue weighted by atomic mass is 35.5. The summed E-state index contributed by atoms with van der Waals surface area (Å²) in [6.07, 6.45) is 0. The Hall–Kier alpha value is -3.33. The van der Waals surface area contributed by atoms with E-state index in [1.165, 1.54) is 12.1 Å². The van der Waals surface area contributed by atoms with Crippen molar-refractivity contribution in [2.45, 2.75) is 13.8 Å². The lowest BCUT2D eigenvalue weighted by Crippen LogP contribution is -2.16. The molecule has 8 nitrogen and oxygen atoms in total. The van der Waals surface area contributed by atoms with Crippen LogP contribution >= 0.6 is 11.6 Å². The Morgan fingerprint density at radius 2 is 2.00 bits per heavy atom. The number of aryl methyl sites for hydroxylation is 2. The third kappa shape index (κ3) is 3.77. The quantitative estimate of drug-likeness (QED) is 0.539. The lowest BCUT2D eigenvalue weighted by atomic mass is 10.2. The molecule has 10 heteroatoms. The molecule has 0 aliphatic carbocycles. The maximum atomic E-state index is 13.4. The number of anilines is 1. The average molecular weight is 390 g/mol. The summed E-state index contributed by atoms with van der Waals surface area (Å²) in [5.41, 5.74) is 0.816. The largest absolute Gasteiger partial charge is 0.320 e. The van der Waals surface area contributed by atoms with E-state index < -0.39 is 22.3 Å². The van der Waals surface area contributed by atoms with Gasteiger partial charge >= 0.3 is 5.69 Å². The molecule has 0 fully saturated rings. The Bertz CT molecular complexity index is 1070. The molecule has 0 bridgehead atoms. The zero-order valence-electron chi connectivity index (χ0n) is 14.2. The molecule has 3 rings (SSSR count). The molecule has 0 spiro atoms. The molecule has 2 aromatic heterocycles. The zero-order valence-corrected chi connectivity index (χ0v) is 15.0. The number of nitrogens with one attached hydrogen (secondary N) is 1. The van der Waals surface area contributed by atoms with Crippen LogP contribution in [0.4, 0.5) is 15.8 Å². The summed E-state index contributed by atoms with van der Waals surface area (Å²) in [7, 11) is 0. The Balaban J connectivity index is 1.93. The van der Waals surface area contributed by atoms with Gasteiger partial charge in [0.05, 0.1) is 15.6 Å². The van der Waals surface area contributed by atoms with Gasteiger partial charge in [0.2, 0.25) is 5.82 Å². The van der Waals surface area contributed by atoms with Crippen molar-refractivity contribution in [2.24, 2.45) is 0 Å². The van der Waals surface area contributed by atoms with Gasteiger partial charge in [-0.05, 0) is 44.2 Å². The van der Waals surface area contributed by atoms with Crippen LogP contribution in [0.15, 0.2) is 36.4 Å². The third-order valence-electron chi connectivity index (χ3n) is 3.67. The van der Waals surface area contributed by atoms with Crippen molar-refractivity contribution in [3.8, 4) is 5.82 Å². The third-order valence-corrected chi connectivity index (χ3v) is 3.98. The standard InChI is InChI=1S/C17H13ClFN5O3/c1-9-7-10(2)23(22-9)15-6-4-12(18)16(21-15)17(25)20-11-3-5-13(19)14(8-11)24(26)27/h3-8H,1-2H3,(H,20,25). The first-order valence-corrected chi connectivity index (χ1v) is 8.09. The van der Waals surface area contributed by atoms with Crippen molar-refractivity contribution < 1.29 is 14.1 Å². The van der Waals surface area contributed by atoms with Crippen molar-refractivity contribution in [3.05, 3.63) is 74.4 Å². The highest BCUT2D eigenvalue weighted by Crippen LogP contribution is 2.23. The van der Waals surface area contributed by atoms with E-state index in [0.29, 0.717) is 5.82 Å². The Kier molecular flexibility index (Phi) is 4.87. The molecule has 138 valence electrons. The molecule has 0 aliphatic heterocycles. The number of nitro groups is 1. The number of hydrogen-bond acceptors (Lipinski definition) is 5. The Labute approximate surface area is 157 Å². The number of halogens is 2. The number of benzene rings is 1. The molecular formula is C17H13ClFN5O3. The van der Waals surface area contributed by atoms with E-state index in [9.17, 15) is 19.3 Å². The number of nitrogens with zero attached hydrogens (tertiary/aromatic N) is 4. The van der Waals surface area contributed by atoms with Gasteiger partial charge in [-0.25, -0.2) is 9.67 Å². The van der Waals surface area contributed by atoms with E-state index >= 15 is 0 Å². The van der Waals surface area contributed by atoms with E-state index in [4.69, 9.17) is 11.6 Å². The lowest BCUT2D eigenvalue weighted by molar-refractivity contribution is -0.387. The molecule has 0 radical (unpaired) electrons. The lowest BCUT2D eigenvalue weighted by Gasteiger charge is -2.09. The predicted molar refractivity (Wildman–Crippen MR) is 96.9 cm³/mol. The van der Waals surface area contributed by atoms with Crippen LogP contribution in [-0.4, -0.2) is 25.6 Å². The van der Waals surface area contributed by atoms with Crippen LogP contribution in [0, 0.1) is 29.8 Å². The molecule has 0 saturated carbocycles. The van der Waals surface area contributed by atoms with Gasteiger partial charge in [0.1, 0.15) is 5.69 Å². The van der Waals surface area contributed by atoms with Gasteiger partial charge in [-0.3, -0.25) is 14.9 Å². The van der Waals surface area contributed by atoms with E-state index in [-0.39, 0.29) is 16.4 Å². The van der Waals surface area contributed by atoms with Gasteiger partial charge in [-0.15, -0.1) is 0 Å². The minimum absolute atomic E-state index is 0.0440. The smallest absolute Gasteiger partial charge is 0.306 e. The summed E-state index contributed by atoms with van der Waals surface area (Å²) in [5, 5.41) is 17.7. The van der Waals surface area contributed by atoms with E-state index in [0.717, 1.165) is 23.5 Å². The second kappa shape index (κ2) is 7.12. The maximum absolute atomic E-state index is 13.4. The number of amides is 1. The number of carbonyl (C=O) groups is 1. The molecule has 3 aromatic rings. The average Bonchev–Trinajstić information content (AvgIpc) is 2.95. The van der Waals surface area contributed by atoms with Crippen LogP contribution in [0.3, 0.4) is 0 Å². The summed E-state index contributed by atoms with van der Waals surface area (Å²) >= 11 is 6.08. The van der Waals surface area contributed by atoms with Gasteiger partial charge in [0.15, 0.2) is 5.82 Å². The fraction of sp³-hybridized carbons (Fsp3) is 0.118. The van der Waals surface area contributed by atoms with Gasteiger partial charge in [-0.2, -0.15) is 9.49 Å². The normalized spacial score (nSPS) is 10.7. The highest BCUT2D eigenvalue weighted by molar-refractivity contribution is 6.34. The molecule has 1 N–H and O–H groups in total. The molecular weight excluding hydrogens is 377 g/mol. The van der Waals surface area contributed by atoms with Crippen LogP contribution in [0.1, 0.15) is 21.9 Å². The molecule has 27 heavy (non-hydrogen) atoms. The van der Waals surface area contributed by atoms with Crippen molar-refractivity contribution >= 4 is 28.9 Å². The molecule has 0 atom stereocenters. The maximum Gasteiger partial charge on any atom is 0.306 e. The molecule has 0 saturated heterocycles. The fourth-order valence-electron chi connectivity index (χ4n) is 2.49. The van der Waals surface area contributed by atoms with E-state index in [1.54, 1.807) is 10.7 Å². The Morgan fingerprint density at radius 3 is 2.63 bits per heavy atom. The molecule has 0 unspecified atom stereocenters. The van der Waals surface area contributed by atoms with Crippen molar-refractivity contribution in [1.82, 2.24) is 14.8 Å². The van der Waals surface area contributed by atoms with Crippen molar-refractivity contribution in [1.29, 1.82) is 0 Å². The predicted octanol–water partition coefficient (Wildman–Crippen LogP) is 3.84. The first kappa shape index (κ1) is 18.5. The second-order valence-corrected chi connectivity index (χ2v) is 6.12. The van der Waals surface area contributed by atoms with Gasteiger partial charge in [0.25, 0.3) is 5.91 Å². The summed E-state index contributed by atoms with van der Waals surface area (Å²) in [5.74, 6) is -1.30. The van der Waals surface area contributed by atoms with Gasteiger partial charge < -0.3 is 5.32 Å². The zero-order chi connectivity index (χ0) is 19.7. The van der Waals surface area contributed by atoms with Crippen LogP contribution < -0.4 is 5.32 Å². The van der Waals surface area contributed by atoms with Gasteiger partial charge in [-0.1, -0.05) is 11.6 Å². The molecule has 0 aliphatic rings. The second-order valence-electron chi connectivity index (χ2n) is 5.72. The number of nitro benzene ring substituents is 1. The van der Waals surface area contributed by atoms with Gasteiger partial charge in [0, 0.05) is 17.4 Å². The molecule has 1 aromatic carbocycles. The Morgan fingerprint density at radius 1 is 1.26 bits per heavy atom. The summed E-state index contributed by atoms with van der Waals surface area (Å²) in [6, 6.07) is 8.00. The first-order chi connectivity index (χ1) is 12.8. The van der Waals surface area contributed by atoms with Crippen LogP contribution in [0.2, 0.25) is 5.02 Å². The fourth-order valence-corrected chi connectivity index (χ4v) is 2.68. The van der Waals surface area contributed by atoms with E-state index in [2.05, 4.69) is 15.4 Å². The summed E-state index contributed by atoms with van der Waals surface area (Å²) in [6.45, 7) is 3.67. The monoisotopic (exact) mass is 389 g/mol. The van der Waals surface area contributed by atoms with Crippen molar-refractivity contribution in [3.63, 3.8) is 0 Å². The molecule has 2 heterocycles. The summed E-state index contributed by atoms with van der Waals surface area (Å²) < 4.78 is 15.0. The highest BCUT2D eigenvalue weighted by Gasteiger charge is 2.19. The minimum atomic E-state index is -0.999. The number of pyridine rings is 1. The minimum Gasteiger partial charge on any atom is -0.320 e. The van der Waals surface area contributed by atoms with Crippen LogP contribution in [-0.2, 0) is 0 Å². The number of aromatic nitrogens is 3. The van der Waals surface area contributed by atoms with E-state index in [1.807, 2.05) is 19.9 Å². The van der Waals surface area contributed by atoms with Crippen molar-refractivity contribution in [2.75, 3.05) is 5.32 Å². The number of hydrogen-bond donors (Lipinski definition) is 1. The first-order valence-electron chi connectivity index (χ1n) is 7.71. The number of rotatable bonds is 4. The van der Waals surface area contributed by atoms with Crippen LogP contribution in [0.5, 0.6) is 0 Å². The topological polar surface area (TPSA) is 103 Å². The SMILES string of the molecule is Cc1cc(C)n(-c2ccc(Cl)c(C(=O)Nc3ccc(F)c([N+](=O)[O-])c3)n2)n1. The van der Waals surface area contributed by atoms with Crippen LogP contribution in [0.25, 0.3) is 5.82 Å². The number of carbonyl (C=O) groups excluding carboxylic acids is 1. The summed E-state index contributed by atoms with van der Waals surface area (Å²) in [4.78, 5) is 26.7. The molecule has 1 amide bonds.